The molecule has 9 heteroatoms. The number of nitrogens with one attached hydrogen (secondary N) is 1. The van der Waals surface area contributed by atoms with Crippen molar-refractivity contribution in [2.45, 2.75) is 26.0 Å². The van der Waals surface area contributed by atoms with E-state index in [4.69, 9.17) is 9.47 Å². The molecule has 2 aliphatic heterocycles. The standard InChI is InChI=1S/C23H25FN4O4/c1-14-19(13-29)28-12-15(23(30)27-6-9-31-10-7-27)11-18(22(28)25-14)26-17-5-8-32-20-4-2-3-16(24)21(17)20/h2-4,11-12,17,26,29H,5-10,13H2,1H3. The molecule has 32 heavy (non-hydrogen) atoms. The Hall–Kier alpha value is -3.17. The van der Waals surface area contributed by atoms with Gasteiger partial charge in [-0.3, -0.25) is 9.20 Å². The number of imidazole rings is 1. The first kappa shape index (κ1) is 20.7. The number of rotatable bonds is 4. The summed E-state index contributed by atoms with van der Waals surface area (Å²) >= 11 is 0. The second-order valence-corrected chi connectivity index (χ2v) is 8.03. The van der Waals surface area contributed by atoms with Gasteiger partial charge >= 0.3 is 0 Å². The second-order valence-electron chi connectivity index (χ2n) is 8.03. The zero-order valence-electron chi connectivity index (χ0n) is 17.8. The number of halogens is 1. The summed E-state index contributed by atoms with van der Waals surface area (Å²) in [6, 6.07) is 6.22. The maximum atomic E-state index is 14.7. The van der Waals surface area contributed by atoms with E-state index in [0.29, 0.717) is 78.9 Å². The van der Waals surface area contributed by atoms with Crippen molar-refractivity contribution in [3.8, 4) is 5.75 Å². The highest BCUT2D eigenvalue weighted by molar-refractivity contribution is 5.96. The first-order chi connectivity index (χ1) is 15.6. The molecular weight excluding hydrogens is 415 g/mol. The van der Waals surface area contributed by atoms with Crippen molar-refractivity contribution < 1.29 is 23.8 Å². The van der Waals surface area contributed by atoms with Crippen LogP contribution in [0.1, 0.15) is 39.8 Å². The Morgan fingerprint density at radius 2 is 2.12 bits per heavy atom. The largest absolute Gasteiger partial charge is 0.493 e. The Balaban J connectivity index is 1.59. The van der Waals surface area contributed by atoms with Crippen LogP contribution < -0.4 is 10.1 Å². The third-order valence-electron chi connectivity index (χ3n) is 6.07. The quantitative estimate of drug-likeness (QED) is 0.649. The number of carbonyl (C=O) groups excluding carboxylic acids is 1. The van der Waals surface area contributed by atoms with Gasteiger partial charge in [-0.2, -0.15) is 0 Å². The van der Waals surface area contributed by atoms with Crippen molar-refractivity contribution in [3.63, 3.8) is 0 Å². The Morgan fingerprint density at radius 1 is 1.31 bits per heavy atom. The summed E-state index contributed by atoms with van der Waals surface area (Å²) in [7, 11) is 0. The molecule has 1 saturated heterocycles. The van der Waals surface area contributed by atoms with Crippen LogP contribution in [0.5, 0.6) is 5.75 Å². The third-order valence-corrected chi connectivity index (χ3v) is 6.07. The lowest BCUT2D eigenvalue weighted by Gasteiger charge is -2.29. The van der Waals surface area contributed by atoms with Crippen molar-refractivity contribution in [3.05, 3.63) is 58.8 Å². The van der Waals surface area contributed by atoms with Crippen LogP contribution in [0.4, 0.5) is 10.1 Å². The van der Waals surface area contributed by atoms with Gasteiger partial charge in [0.05, 0.1) is 60.7 Å². The number of hydrogen-bond acceptors (Lipinski definition) is 6. The number of fused-ring (bicyclic) bond motifs is 2. The number of morpholine rings is 1. The highest BCUT2D eigenvalue weighted by Gasteiger charge is 2.27. The summed E-state index contributed by atoms with van der Waals surface area (Å²) in [5, 5.41) is 13.3. The van der Waals surface area contributed by atoms with Gasteiger partial charge in [0.15, 0.2) is 5.65 Å². The normalized spacial score (nSPS) is 18.3. The Bertz CT molecular complexity index is 1170. The molecule has 0 aliphatic carbocycles. The molecule has 3 aromatic rings. The molecule has 0 radical (unpaired) electrons. The van der Waals surface area contributed by atoms with E-state index in [0.717, 1.165) is 0 Å². The van der Waals surface area contributed by atoms with Crippen molar-refractivity contribution >= 4 is 17.2 Å². The number of nitrogens with zero attached hydrogens (tertiary/aromatic N) is 3. The number of ether oxygens (including phenoxy) is 2. The highest BCUT2D eigenvalue weighted by atomic mass is 19.1. The zero-order chi connectivity index (χ0) is 22.2. The first-order valence-corrected chi connectivity index (χ1v) is 10.7. The third kappa shape index (κ3) is 3.57. The van der Waals surface area contributed by atoms with Gasteiger partial charge in [0, 0.05) is 25.7 Å². The number of hydrogen-bond donors (Lipinski definition) is 2. The fraction of sp³-hybridized carbons (Fsp3) is 0.391. The lowest BCUT2D eigenvalue weighted by atomic mass is 9.99. The van der Waals surface area contributed by atoms with Crippen molar-refractivity contribution in [1.29, 1.82) is 0 Å². The molecule has 1 unspecified atom stereocenters. The fourth-order valence-electron chi connectivity index (χ4n) is 4.41. The highest BCUT2D eigenvalue weighted by Crippen LogP contribution is 2.37. The van der Waals surface area contributed by atoms with Crippen LogP contribution in [0.25, 0.3) is 5.65 Å². The predicted octanol–water partition coefficient (Wildman–Crippen LogP) is 2.68. The van der Waals surface area contributed by atoms with E-state index in [-0.39, 0.29) is 24.4 Å². The van der Waals surface area contributed by atoms with E-state index < -0.39 is 0 Å². The first-order valence-electron chi connectivity index (χ1n) is 10.7. The van der Waals surface area contributed by atoms with Gasteiger partial charge < -0.3 is 24.8 Å². The van der Waals surface area contributed by atoms with E-state index in [9.17, 15) is 14.3 Å². The Labute approximate surface area is 184 Å². The summed E-state index contributed by atoms with van der Waals surface area (Å²) in [4.78, 5) is 19.6. The van der Waals surface area contributed by atoms with Crippen LogP contribution in [0.3, 0.4) is 0 Å². The molecule has 2 N–H and O–H groups in total. The number of benzene rings is 1. The minimum Gasteiger partial charge on any atom is -0.493 e. The number of carbonyl (C=O) groups is 1. The number of aromatic nitrogens is 2. The number of aryl methyl sites for hydroxylation is 1. The predicted molar refractivity (Wildman–Crippen MR) is 115 cm³/mol. The topological polar surface area (TPSA) is 88.3 Å². The molecule has 0 saturated carbocycles. The van der Waals surface area contributed by atoms with Gasteiger partial charge in [0.2, 0.25) is 0 Å². The van der Waals surface area contributed by atoms with Crippen molar-refractivity contribution in [2.24, 2.45) is 0 Å². The van der Waals surface area contributed by atoms with Gasteiger partial charge in [-0.15, -0.1) is 0 Å². The molecule has 8 nitrogen and oxygen atoms in total. The van der Waals surface area contributed by atoms with Crippen LogP contribution in [0.15, 0.2) is 30.5 Å². The Morgan fingerprint density at radius 3 is 2.91 bits per heavy atom. The molecule has 1 amide bonds. The second kappa shape index (κ2) is 8.40. The molecule has 2 aliphatic rings. The number of aliphatic hydroxyl groups is 1. The van der Waals surface area contributed by atoms with Crippen LogP contribution >= 0.6 is 0 Å². The van der Waals surface area contributed by atoms with Crippen LogP contribution in [0, 0.1) is 12.7 Å². The number of pyridine rings is 1. The van der Waals surface area contributed by atoms with E-state index in [1.807, 2.05) is 6.92 Å². The lowest BCUT2D eigenvalue weighted by Crippen LogP contribution is -2.40. The van der Waals surface area contributed by atoms with Crippen molar-refractivity contribution in [2.75, 3.05) is 38.2 Å². The average Bonchev–Trinajstić information content (AvgIpc) is 3.14. The maximum absolute atomic E-state index is 14.7. The summed E-state index contributed by atoms with van der Waals surface area (Å²) in [5.41, 5.74) is 3.40. The summed E-state index contributed by atoms with van der Waals surface area (Å²) in [6.07, 6.45) is 2.27. The molecular formula is C23H25FN4O4. The molecule has 0 spiro atoms. The molecule has 5 rings (SSSR count). The monoisotopic (exact) mass is 440 g/mol. The number of anilines is 1. The van der Waals surface area contributed by atoms with E-state index in [1.165, 1.54) is 6.07 Å². The maximum Gasteiger partial charge on any atom is 0.255 e. The minimum absolute atomic E-state index is 0.118. The van der Waals surface area contributed by atoms with E-state index >= 15 is 0 Å². The molecule has 1 aromatic carbocycles. The van der Waals surface area contributed by atoms with E-state index in [1.54, 1.807) is 33.7 Å². The van der Waals surface area contributed by atoms with Crippen LogP contribution in [-0.4, -0.2) is 58.2 Å². The SMILES string of the molecule is Cc1nc2c(NC3CCOc4cccc(F)c43)cc(C(=O)N3CCOCC3)cn2c1CO. The summed E-state index contributed by atoms with van der Waals surface area (Å²) in [5.74, 6) is 0.0553. The van der Waals surface area contributed by atoms with Gasteiger partial charge in [-0.05, 0) is 25.1 Å². The zero-order valence-corrected chi connectivity index (χ0v) is 17.8. The van der Waals surface area contributed by atoms with Crippen LogP contribution in [0.2, 0.25) is 0 Å². The fourth-order valence-corrected chi connectivity index (χ4v) is 4.41. The molecule has 168 valence electrons. The van der Waals surface area contributed by atoms with Gasteiger partial charge in [-0.25, -0.2) is 9.37 Å². The minimum atomic E-state index is -0.341. The lowest BCUT2D eigenvalue weighted by molar-refractivity contribution is 0.0302. The average molecular weight is 440 g/mol. The molecule has 0 bridgehead atoms. The van der Waals surface area contributed by atoms with Gasteiger partial charge in [-0.1, -0.05) is 6.07 Å². The smallest absolute Gasteiger partial charge is 0.255 e. The summed E-state index contributed by atoms with van der Waals surface area (Å²) < 4.78 is 27.4. The van der Waals surface area contributed by atoms with Gasteiger partial charge in [0.1, 0.15) is 11.6 Å². The molecule has 4 heterocycles. The molecule has 2 aromatic heterocycles. The van der Waals surface area contributed by atoms with Crippen molar-refractivity contribution in [1.82, 2.24) is 14.3 Å². The van der Waals surface area contributed by atoms with Crippen LogP contribution in [-0.2, 0) is 11.3 Å². The Kier molecular flexibility index (Phi) is 5.44. The van der Waals surface area contributed by atoms with E-state index in [2.05, 4.69) is 10.3 Å². The van der Waals surface area contributed by atoms with Gasteiger partial charge in [0.25, 0.3) is 5.91 Å². The number of aliphatic hydroxyl groups excluding tert-OH is 1. The number of amides is 1. The molecule has 1 fully saturated rings. The molecule has 1 atom stereocenters. The summed E-state index contributed by atoms with van der Waals surface area (Å²) in [6.45, 7) is 4.10.